The minimum Gasteiger partial charge on any atom is -0.461 e. The number of aliphatic hydroxyl groups excluding tert-OH is 2. The zero-order chi connectivity index (χ0) is 19.8. The predicted molar refractivity (Wildman–Crippen MR) is 92.7 cm³/mol. The Bertz CT molecular complexity index is 580. The summed E-state index contributed by atoms with van der Waals surface area (Å²) in [5.74, 6) is -1.59. The first-order chi connectivity index (χ1) is 12.8. The van der Waals surface area contributed by atoms with Crippen LogP contribution in [0.4, 0.5) is 0 Å². The number of Topliss-reactive ketones (excluding diaryl/α,β-unsaturated/α-hetero) is 1. The first-order valence-corrected chi connectivity index (χ1v) is 9.69. The van der Waals surface area contributed by atoms with Crippen molar-refractivity contribution < 1.29 is 39.1 Å². The van der Waals surface area contributed by atoms with Gasteiger partial charge in [-0.2, -0.15) is 0 Å². The standard InChI is InChI=1S/C19H30O8/c1-11-3-4-12-13(10-25-7-5-20)17(23)27-16(12)18(2)14(22)9-15(19(11,18)24)26-8-6-21/h11-13,15-16,20-21,24H,3-10H2,1-2H3/t11-,12-,13?,15?,16+,18-,19-/m0/s1. The molecule has 7 atom stereocenters. The summed E-state index contributed by atoms with van der Waals surface area (Å²) in [6.07, 6.45) is -0.198. The van der Waals surface area contributed by atoms with Crippen LogP contribution in [0, 0.1) is 23.2 Å². The first kappa shape index (κ1) is 20.7. The van der Waals surface area contributed by atoms with Crippen molar-refractivity contribution in [3.8, 4) is 0 Å². The second-order valence-corrected chi connectivity index (χ2v) is 8.14. The molecule has 2 saturated carbocycles. The molecule has 1 heterocycles. The number of ether oxygens (including phenoxy) is 3. The number of esters is 1. The molecule has 1 aliphatic heterocycles. The van der Waals surface area contributed by atoms with Crippen molar-refractivity contribution in [2.45, 2.75) is 50.9 Å². The lowest BCUT2D eigenvalue weighted by molar-refractivity contribution is -0.198. The van der Waals surface area contributed by atoms with E-state index < -0.39 is 35.1 Å². The Labute approximate surface area is 158 Å². The maximum atomic E-state index is 13.1. The van der Waals surface area contributed by atoms with Crippen molar-refractivity contribution in [2.75, 3.05) is 33.0 Å². The molecule has 2 unspecified atom stereocenters. The smallest absolute Gasteiger partial charge is 0.312 e. The highest BCUT2D eigenvalue weighted by atomic mass is 16.6. The monoisotopic (exact) mass is 386 g/mol. The van der Waals surface area contributed by atoms with Gasteiger partial charge < -0.3 is 29.5 Å². The summed E-state index contributed by atoms with van der Waals surface area (Å²) < 4.78 is 16.7. The Balaban J connectivity index is 1.93. The zero-order valence-electron chi connectivity index (χ0n) is 15.9. The summed E-state index contributed by atoms with van der Waals surface area (Å²) in [6.45, 7) is 3.54. The number of carbonyl (C=O) groups is 2. The maximum Gasteiger partial charge on any atom is 0.312 e. The summed E-state index contributed by atoms with van der Waals surface area (Å²) in [7, 11) is 0. The van der Waals surface area contributed by atoms with Crippen molar-refractivity contribution in [2.24, 2.45) is 23.2 Å². The fraction of sp³-hybridized carbons (Fsp3) is 0.895. The van der Waals surface area contributed by atoms with Crippen molar-refractivity contribution in [1.29, 1.82) is 0 Å². The molecule has 0 spiro atoms. The van der Waals surface area contributed by atoms with E-state index in [0.717, 1.165) is 0 Å². The number of ketones is 1. The molecule has 0 aromatic carbocycles. The lowest BCUT2D eigenvalue weighted by Gasteiger charge is -2.46. The molecular formula is C19H30O8. The van der Waals surface area contributed by atoms with Crippen LogP contribution in [0.3, 0.4) is 0 Å². The summed E-state index contributed by atoms with van der Waals surface area (Å²) >= 11 is 0. The van der Waals surface area contributed by atoms with Gasteiger partial charge in [-0.15, -0.1) is 0 Å². The third kappa shape index (κ3) is 3.02. The second-order valence-electron chi connectivity index (χ2n) is 8.14. The van der Waals surface area contributed by atoms with Crippen LogP contribution in [0.2, 0.25) is 0 Å². The summed E-state index contributed by atoms with van der Waals surface area (Å²) in [4.78, 5) is 25.6. The van der Waals surface area contributed by atoms with E-state index in [9.17, 15) is 14.7 Å². The molecule has 1 saturated heterocycles. The molecule has 3 N–H and O–H groups in total. The molecular weight excluding hydrogens is 356 g/mol. The fourth-order valence-electron chi connectivity index (χ4n) is 5.40. The summed E-state index contributed by atoms with van der Waals surface area (Å²) in [6, 6.07) is 0. The van der Waals surface area contributed by atoms with Gasteiger partial charge in [-0.3, -0.25) is 9.59 Å². The van der Waals surface area contributed by atoms with E-state index in [4.69, 9.17) is 24.4 Å². The van der Waals surface area contributed by atoms with E-state index in [0.29, 0.717) is 12.8 Å². The van der Waals surface area contributed by atoms with Crippen LogP contribution >= 0.6 is 0 Å². The quantitative estimate of drug-likeness (QED) is 0.402. The van der Waals surface area contributed by atoms with Gasteiger partial charge in [-0.05, 0) is 25.7 Å². The molecule has 3 fully saturated rings. The SMILES string of the molecule is C[C@H]1CC[C@H]2C(COCCO)C(=O)O[C@H]2[C@]2(C)C(=O)CC(OCCO)[C@@]12O. The van der Waals surface area contributed by atoms with Gasteiger partial charge in [-0.1, -0.05) is 6.92 Å². The average Bonchev–Trinajstić information content (AvgIpc) is 3.03. The lowest BCUT2D eigenvalue weighted by atomic mass is 9.64. The minimum absolute atomic E-state index is 0.0315. The number of hydrogen-bond donors (Lipinski definition) is 3. The number of rotatable bonds is 7. The first-order valence-electron chi connectivity index (χ1n) is 9.69. The van der Waals surface area contributed by atoms with E-state index in [-0.39, 0.29) is 57.1 Å². The van der Waals surface area contributed by atoms with Crippen LogP contribution in [0.1, 0.15) is 33.1 Å². The molecule has 0 aromatic heterocycles. The fourth-order valence-corrected chi connectivity index (χ4v) is 5.40. The number of carbonyl (C=O) groups excluding carboxylic acids is 2. The van der Waals surface area contributed by atoms with E-state index in [1.807, 2.05) is 6.92 Å². The van der Waals surface area contributed by atoms with Crippen molar-refractivity contribution >= 4 is 11.8 Å². The summed E-state index contributed by atoms with van der Waals surface area (Å²) in [5, 5.41) is 29.7. The average molecular weight is 386 g/mol. The highest BCUT2D eigenvalue weighted by Crippen LogP contribution is 2.59. The molecule has 0 bridgehead atoms. The summed E-state index contributed by atoms with van der Waals surface area (Å²) in [5.41, 5.74) is -2.74. The molecule has 8 heteroatoms. The van der Waals surface area contributed by atoms with Gasteiger partial charge in [0.25, 0.3) is 0 Å². The van der Waals surface area contributed by atoms with Gasteiger partial charge in [0, 0.05) is 12.3 Å². The van der Waals surface area contributed by atoms with E-state index >= 15 is 0 Å². The van der Waals surface area contributed by atoms with Crippen molar-refractivity contribution in [1.82, 2.24) is 0 Å². The predicted octanol–water partition coefficient (Wildman–Crippen LogP) is -0.329. The molecule has 154 valence electrons. The Kier molecular flexibility index (Phi) is 5.93. The van der Waals surface area contributed by atoms with Crippen molar-refractivity contribution in [3.05, 3.63) is 0 Å². The van der Waals surface area contributed by atoms with Gasteiger partial charge in [0.05, 0.1) is 50.5 Å². The Hall–Kier alpha value is -1.06. The lowest BCUT2D eigenvalue weighted by Crippen LogP contribution is -2.60. The largest absolute Gasteiger partial charge is 0.461 e. The van der Waals surface area contributed by atoms with E-state index in [1.165, 1.54) is 0 Å². The van der Waals surface area contributed by atoms with Crippen LogP contribution < -0.4 is 0 Å². The molecule has 0 aromatic rings. The topological polar surface area (TPSA) is 123 Å². The number of aliphatic hydroxyl groups is 3. The molecule has 3 rings (SSSR count). The second kappa shape index (κ2) is 7.75. The highest BCUT2D eigenvalue weighted by Gasteiger charge is 2.73. The van der Waals surface area contributed by atoms with Crippen LogP contribution in [0.25, 0.3) is 0 Å². The minimum atomic E-state index is -1.47. The zero-order valence-corrected chi connectivity index (χ0v) is 15.9. The molecule has 2 aliphatic carbocycles. The van der Waals surface area contributed by atoms with Gasteiger partial charge in [0.15, 0.2) is 0 Å². The van der Waals surface area contributed by atoms with Crippen LogP contribution in [0.15, 0.2) is 0 Å². The van der Waals surface area contributed by atoms with Crippen molar-refractivity contribution in [3.63, 3.8) is 0 Å². The Morgan fingerprint density at radius 2 is 1.89 bits per heavy atom. The number of fused-ring (bicyclic) bond motifs is 3. The highest BCUT2D eigenvalue weighted by molar-refractivity contribution is 5.91. The molecule has 0 radical (unpaired) electrons. The molecule has 3 aliphatic rings. The third-order valence-corrected chi connectivity index (χ3v) is 6.92. The van der Waals surface area contributed by atoms with E-state index in [1.54, 1.807) is 6.92 Å². The van der Waals surface area contributed by atoms with Crippen LogP contribution in [-0.2, 0) is 23.8 Å². The van der Waals surface area contributed by atoms with Crippen LogP contribution in [0.5, 0.6) is 0 Å². The Morgan fingerprint density at radius 3 is 2.56 bits per heavy atom. The van der Waals surface area contributed by atoms with E-state index in [2.05, 4.69) is 0 Å². The molecule has 8 nitrogen and oxygen atoms in total. The number of hydrogen-bond acceptors (Lipinski definition) is 8. The molecule has 0 amide bonds. The Morgan fingerprint density at radius 1 is 1.19 bits per heavy atom. The molecule has 27 heavy (non-hydrogen) atoms. The van der Waals surface area contributed by atoms with Gasteiger partial charge in [0.1, 0.15) is 17.5 Å². The normalized spacial score (nSPS) is 44.0. The van der Waals surface area contributed by atoms with Gasteiger partial charge in [0.2, 0.25) is 0 Å². The maximum absolute atomic E-state index is 13.1. The van der Waals surface area contributed by atoms with Crippen LogP contribution in [-0.4, -0.2) is 77.9 Å². The van der Waals surface area contributed by atoms with Gasteiger partial charge in [-0.25, -0.2) is 0 Å². The van der Waals surface area contributed by atoms with Gasteiger partial charge >= 0.3 is 5.97 Å². The third-order valence-electron chi connectivity index (χ3n) is 6.92.